The Morgan fingerprint density at radius 2 is 2.08 bits per heavy atom. The van der Waals surface area contributed by atoms with Gasteiger partial charge in [0, 0.05) is 37.2 Å². The number of hydrogen-bond acceptors (Lipinski definition) is 2. The van der Waals surface area contributed by atoms with Gasteiger partial charge in [0.15, 0.2) is 5.96 Å². The normalized spacial score (nSPS) is 14.7. The standard InChI is InChI=1S/C19H25FN4O.HI/c1-21-19(22-8-4-14-6-10-25-11-7-14)23-9-5-15-13-24-18-12-16(20)2-3-17(15)18;/h2-3,6,12-13,24H,4-5,7-11H2,1H3,(H2,21,22,23);1H. The summed E-state index contributed by atoms with van der Waals surface area (Å²) >= 11 is 0. The summed E-state index contributed by atoms with van der Waals surface area (Å²) in [6.45, 7) is 3.18. The number of nitrogens with zero attached hydrogens (tertiary/aromatic N) is 1. The Labute approximate surface area is 170 Å². The van der Waals surface area contributed by atoms with Crippen molar-refractivity contribution in [3.8, 4) is 0 Å². The van der Waals surface area contributed by atoms with Crippen LogP contribution in [0.25, 0.3) is 10.9 Å². The SMILES string of the molecule is CN=C(NCCC1=CCOCC1)NCCc1c[nH]c2cc(F)ccc12.I. The number of aromatic amines is 1. The third-order valence-corrected chi connectivity index (χ3v) is 4.44. The number of guanidine groups is 1. The van der Waals surface area contributed by atoms with E-state index >= 15 is 0 Å². The molecule has 0 saturated carbocycles. The molecule has 2 heterocycles. The second kappa shape index (κ2) is 10.5. The van der Waals surface area contributed by atoms with E-state index in [2.05, 4.69) is 26.7 Å². The van der Waals surface area contributed by atoms with Gasteiger partial charge in [-0.3, -0.25) is 4.99 Å². The van der Waals surface area contributed by atoms with Gasteiger partial charge in [-0.1, -0.05) is 11.6 Å². The number of aliphatic imine (C=N–C) groups is 1. The van der Waals surface area contributed by atoms with Crippen LogP contribution in [0.3, 0.4) is 0 Å². The van der Waals surface area contributed by atoms with Crippen LogP contribution in [0.15, 0.2) is 41.0 Å². The highest BCUT2D eigenvalue weighted by Gasteiger charge is 2.06. The Balaban J connectivity index is 0.00000243. The molecule has 0 bridgehead atoms. The minimum absolute atomic E-state index is 0. The number of rotatable bonds is 6. The van der Waals surface area contributed by atoms with Crippen molar-refractivity contribution in [2.45, 2.75) is 19.3 Å². The molecule has 0 aliphatic carbocycles. The van der Waals surface area contributed by atoms with Crippen LogP contribution in [0.5, 0.6) is 0 Å². The van der Waals surface area contributed by atoms with Crippen LogP contribution in [0, 0.1) is 5.82 Å². The smallest absolute Gasteiger partial charge is 0.190 e. The molecule has 142 valence electrons. The van der Waals surface area contributed by atoms with Crippen molar-refractivity contribution in [3.05, 3.63) is 47.4 Å². The summed E-state index contributed by atoms with van der Waals surface area (Å²) in [4.78, 5) is 7.38. The first-order valence-corrected chi connectivity index (χ1v) is 8.72. The molecule has 7 heteroatoms. The molecule has 0 unspecified atom stereocenters. The number of H-pyrrole nitrogens is 1. The fourth-order valence-corrected chi connectivity index (χ4v) is 3.04. The van der Waals surface area contributed by atoms with Crippen LogP contribution in [-0.2, 0) is 11.2 Å². The van der Waals surface area contributed by atoms with E-state index in [9.17, 15) is 4.39 Å². The van der Waals surface area contributed by atoms with Gasteiger partial charge in [-0.25, -0.2) is 4.39 Å². The van der Waals surface area contributed by atoms with Gasteiger partial charge in [0.2, 0.25) is 0 Å². The summed E-state index contributed by atoms with van der Waals surface area (Å²) < 4.78 is 18.6. The summed E-state index contributed by atoms with van der Waals surface area (Å²) in [5.41, 5.74) is 3.45. The first kappa shape index (κ1) is 20.7. The third kappa shape index (κ3) is 5.70. The maximum atomic E-state index is 13.2. The maximum absolute atomic E-state index is 13.2. The van der Waals surface area contributed by atoms with Crippen molar-refractivity contribution in [3.63, 3.8) is 0 Å². The van der Waals surface area contributed by atoms with Crippen LogP contribution >= 0.6 is 24.0 Å². The number of fused-ring (bicyclic) bond motifs is 1. The van der Waals surface area contributed by atoms with E-state index in [0.717, 1.165) is 62.4 Å². The monoisotopic (exact) mass is 472 g/mol. The highest BCUT2D eigenvalue weighted by molar-refractivity contribution is 14.0. The summed E-state index contributed by atoms with van der Waals surface area (Å²) in [7, 11) is 1.78. The first-order valence-electron chi connectivity index (χ1n) is 8.72. The van der Waals surface area contributed by atoms with Crippen molar-refractivity contribution < 1.29 is 9.13 Å². The molecular formula is C19H26FIN4O. The fourth-order valence-electron chi connectivity index (χ4n) is 3.04. The van der Waals surface area contributed by atoms with Gasteiger partial charge in [0.1, 0.15) is 5.82 Å². The molecule has 1 aromatic heterocycles. The van der Waals surface area contributed by atoms with E-state index in [1.807, 2.05) is 12.3 Å². The number of benzene rings is 1. The number of nitrogens with one attached hydrogen (secondary N) is 3. The fraction of sp³-hybridized carbons (Fsp3) is 0.421. The predicted molar refractivity (Wildman–Crippen MR) is 115 cm³/mol. The Hall–Kier alpha value is -1.61. The molecule has 3 rings (SSSR count). The van der Waals surface area contributed by atoms with Gasteiger partial charge in [-0.2, -0.15) is 0 Å². The zero-order valence-electron chi connectivity index (χ0n) is 15.0. The van der Waals surface area contributed by atoms with Crippen molar-refractivity contribution in [1.29, 1.82) is 0 Å². The molecule has 1 aliphatic heterocycles. The Morgan fingerprint density at radius 3 is 2.81 bits per heavy atom. The highest BCUT2D eigenvalue weighted by Crippen LogP contribution is 2.19. The summed E-state index contributed by atoms with van der Waals surface area (Å²) in [6, 6.07) is 4.85. The molecule has 0 saturated heterocycles. The quantitative estimate of drug-likeness (QED) is 0.262. The van der Waals surface area contributed by atoms with Gasteiger partial charge in [-0.05, 0) is 43.0 Å². The van der Waals surface area contributed by atoms with Crippen molar-refractivity contribution in [2.75, 3.05) is 33.4 Å². The molecule has 0 atom stereocenters. The molecule has 3 N–H and O–H groups in total. The van der Waals surface area contributed by atoms with Gasteiger partial charge in [0.25, 0.3) is 0 Å². The van der Waals surface area contributed by atoms with Gasteiger partial charge < -0.3 is 20.4 Å². The molecule has 1 aliphatic rings. The second-order valence-corrected chi connectivity index (χ2v) is 6.12. The molecule has 0 amide bonds. The Kier molecular flexibility index (Phi) is 8.37. The minimum atomic E-state index is -0.219. The van der Waals surface area contributed by atoms with Crippen LogP contribution < -0.4 is 10.6 Å². The molecule has 2 aromatic rings. The lowest BCUT2D eigenvalue weighted by Crippen LogP contribution is -2.38. The van der Waals surface area contributed by atoms with E-state index in [4.69, 9.17) is 4.74 Å². The summed E-state index contributed by atoms with van der Waals surface area (Å²) in [6.07, 6.45) is 6.99. The van der Waals surface area contributed by atoms with E-state index in [1.54, 1.807) is 7.05 Å². The van der Waals surface area contributed by atoms with Crippen molar-refractivity contribution in [1.82, 2.24) is 15.6 Å². The van der Waals surface area contributed by atoms with Gasteiger partial charge in [-0.15, -0.1) is 24.0 Å². The molecule has 0 spiro atoms. The van der Waals surface area contributed by atoms with Gasteiger partial charge >= 0.3 is 0 Å². The maximum Gasteiger partial charge on any atom is 0.190 e. The van der Waals surface area contributed by atoms with Crippen LogP contribution in [0.1, 0.15) is 18.4 Å². The number of halogens is 2. The zero-order chi connectivity index (χ0) is 17.5. The van der Waals surface area contributed by atoms with Crippen molar-refractivity contribution in [2.24, 2.45) is 4.99 Å². The summed E-state index contributed by atoms with van der Waals surface area (Å²) in [5, 5.41) is 7.74. The first-order chi connectivity index (χ1) is 12.3. The minimum Gasteiger partial charge on any atom is -0.377 e. The third-order valence-electron chi connectivity index (χ3n) is 4.44. The van der Waals surface area contributed by atoms with E-state index in [0.29, 0.717) is 0 Å². The average molecular weight is 472 g/mol. The van der Waals surface area contributed by atoms with Crippen LogP contribution in [-0.4, -0.2) is 44.3 Å². The molecule has 26 heavy (non-hydrogen) atoms. The van der Waals surface area contributed by atoms with Crippen molar-refractivity contribution >= 4 is 40.8 Å². The molecule has 0 fully saturated rings. The van der Waals surface area contributed by atoms with E-state index in [1.165, 1.54) is 23.3 Å². The molecule has 0 radical (unpaired) electrons. The van der Waals surface area contributed by atoms with Crippen LogP contribution in [0.4, 0.5) is 4.39 Å². The lowest BCUT2D eigenvalue weighted by molar-refractivity contribution is 0.153. The second-order valence-electron chi connectivity index (χ2n) is 6.12. The molecular weight excluding hydrogens is 446 g/mol. The lowest BCUT2D eigenvalue weighted by atomic mass is 10.1. The van der Waals surface area contributed by atoms with Crippen LogP contribution in [0.2, 0.25) is 0 Å². The molecule has 5 nitrogen and oxygen atoms in total. The zero-order valence-corrected chi connectivity index (χ0v) is 17.3. The predicted octanol–water partition coefficient (Wildman–Crippen LogP) is 3.37. The lowest BCUT2D eigenvalue weighted by Gasteiger charge is -2.15. The largest absolute Gasteiger partial charge is 0.377 e. The Bertz CT molecular complexity index is 772. The average Bonchev–Trinajstić information content (AvgIpc) is 3.03. The summed E-state index contributed by atoms with van der Waals surface area (Å²) in [5.74, 6) is 0.585. The number of ether oxygens (including phenoxy) is 1. The topological polar surface area (TPSA) is 61.4 Å². The van der Waals surface area contributed by atoms with E-state index in [-0.39, 0.29) is 29.8 Å². The number of hydrogen-bond donors (Lipinski definition) is 3. The van der Waals surface area contributed by atoms with E-state index < -0.39 is 0 Å². The Morgan fingerprint density at radius 1 is 1.27 bits per heavy atom. The highest BCUT2D eigenvalue weighted by atomic mass is 127. The molecule has 1 aromatic carbocycles. The number of aromatic nitrogens is 1. The van der Waals surface area contributed by atoms with Gasteiger partial charge in [0.05, 0.1) is 13.2 Å².